The molecule has 200 valence electrons. The van der Waals surface area contributed by atoms with Crippen LogP contribution in [0, 0.1) is 0 Å². The predicted octanol–water partition coefficient (Wildman–Crippen LogP) is 3.69. The first-order valence-electron chi connectivity index (χ1n) is 12.9. The molecule has 1 fully saturated rings. The van der Waals surface area contributed by atoms with Crippen molar-refractivity contribution in [2.45, 2.75) is 37.0 Å². The van der Waals surface area contributed by atoms with E-state index in [4.69, 9.17) is 14.7 Å². The minimum Gasteiger partial charge on any atom is -0.496 e. The quantitative estimate of drug-likeness (QED) is 0.467. The van der Waals surface area contributed by atoms with E-state index in [9.17, 15) is 8.42 Å². The Balaban J connectivity index is 1.45. The molecule has 9 nitrogen and oxygen atoms in total. The van der Waals surface area contributed by atoms with Gasteiger partial charge < -0.3 is 19.9 Å². The van der Waals surface area contributed by atoms with Gasteiger partial charge in [-0.3, -0.25) is 4.99 Å². The molecule has 3 aromatic rings. The number of rotatable bonds is 8. The number of para-hydroxylation sites is 1. The fraction of sp³-hybridized carbons (Fsp3) is 0.393. The van der Waals surface area contributed by atoms with Crippen LogP contribution in [0.25, 0.3) is 0 Å². The number of hydrogen-bond acceptors (Lipinski definition) is 9. The minimum atomic E-state index is -3.49. The second kappa shape index (κ2) is 10.7. The molecular weight excluding hydrogens is 500 g/mol. The number of piperazine rings is 1. The largest absolute Gasteiger partial charge is 0.496 e. The number of fused-ring (bicyclic) bond motifs is 1. The highest BCUT2D eigenvalue weighted by Gasteiger charge is 2.24. The van der Waals surface area contributed by atoms with E-state index in [2.05, 4.69) is 45.4 Å². The van der Waals surface area contributed by atoms with Crippen LogP contribution in [0.3, 0.4) is 0 Å². The summed E-state index contributed by atoms with van der Waals surface area (Å²) >= 11 is 0. The highest BCUT2D eigenvalue weighted by molar-refractivity contribution is 7.92. The van der Waals surface area contributed by atoms with Crippen molar-refractivity contribution in [2.24, 2.45) is 4.99 Å². The molecule has 2 aliphatic rings. The van der Waals surface area contributed by atoms with Gasteiger partial charge in [0.05, 0.1) is 40.7 Å². The number of aromatic nitrogens is 2. The van der Waals surface area contributed by atoms with Crippen molar-refractivity contribution < 1.29 is 13.2 Å². The SMILES string of the molecule is COc1cc(N2CCN(C)CC2)ccc1Cc1nc2c(c(Nc3ccccc3S(=O)(=O)C(C)C)n1)C=NC2. The predicted molar refractivity (Wildman–Crippen MR) is 151 cm³/mol. The fourth-order valence-electron chi connectivity index (χ4n) is 4.73. The lowest BCUT2D eigenvalue weighted by atomic mass is 10.1. The monoisotopic (exact) mass is 534 g/mol. The lowest BCUT2D eigenvalue weighted by Gasteiger charge is -2.34. The van der Waals surface area contributed by atoms with Crippen LogP contribution in [-0.2, 0) is 22.8 Å². The molecule has 38 heavy (non-hydrogen) atoms. The molecule has 1 saturated heterocycles. The summed E-state index contributed by atoms with van der Waals surface area (Å²) in [6.07, 6.45) is 2.21. The molecule has 0 amide bonds. The lowest BCUT2D eigenvalue weighted by Crippen LogP contribution is -2.44. The summed E-state index contributed by atoms with van der Waals surface area (Å²) in [7, 11) is 0.341. The number of anilines is 3. The number of aliphatic imine (C=N–C) groups is 1. The number of benzene rings is 2. The zero-order valence-corrected chi connectivity index (χ0v) is 23.1. The highest BCUT2D eigenvalue weighted by Crippen LogP contribution is 2.32. The Hall–Kier alpha value is -3.50. The number of likely N-dealkylation sites (N-methyl/N-ethyl adjacent to an activating group) is 1. The van der Waals surface area contributed by atoms with Crippen LogP contribution in [0.15, 0.2) is 52.4 Å². The van der Waals surface area contributed by atoms with Crippen molar-refractivity contribution in [2.75, 3.05) is 50.6 Å². The third-order valence-electron chi connectivity index (χ3n) is 7.09. The Labute approximate surface area is 224 Å². The van der Waals surface area contributed by atoms with E-state index in [0.717, 1.165) is 54.4 Å². The molecular formula is C28H34N6O3S. The molecule has 1 N–H and O–H groups in total. The molecule has 0 spiro atoms. The molecule has 2 aliphatic heterocycles. The van der Waals surface area contributed by atoms with Crippen molar-refractivity contribution in [1.82, 2.24) is 14.9 Å². The summed E-state index contributed by atoms with van der Waals surface area (Å²) in [5, 5.41) is 2.74. The second-order valence-electron chi connectivity index (χ2n) is 10.00. The lowest BCUT2D eigenvalue weighted by molar-refractivity contribution is 0.312. The molecule has 10 heteroatoms. The summed E-state index contributed by atoms with van der Waals surface area (Å²) in [5.41, 5.74) is 4.21. The zero-order chi connectivity index (χ0) is 26.9. The highest BCUT2D eigenvalue weighted by atomic mass is 32.2. The standard InChI is InChI=1S/C28H34N6O3S/c1-19(2)38(35,36)26-8-6-5-7-23(26)31-28-22-17-29-18-24(22)30-27(32-28)15-20-9-10-21(16-25(20)37-4)34-13-11-33(3)12-14-34/h5-10,16-17,19H,11-15,18H2,1-4H3,(H,30,31,32). The van der Waals surface area contributed by atoms with Crippen molar-refractivity contribution in [3.05, 3.63) is 65.1 Å². The summed E-state index contributed by atoms with van der Waals surface area (Å²) < 4.78 is 31.8. The van der Waals surface area contributed by atoms with Gasteiger partial charge in [-0.05, 0) is 39.1 Å². The van der Waals surface area contributed by atoms with E-state index >= 15 is 0 Å². The van der Waals surface area contributed by atoms with Crippen LogP contribution < -0.4 is 15.0 Å². The van der Waals surface area contributed by atoms with E-state index in [1.807, 2.05) is 6.07 Å². The van der Waals surface area contributed by atoms with Gasteiger partial charge in [0.2, 0.25) is 0 Å². The van der Waals surface area contributed by atoms with E-state index in [1.165, 1.54) is 0 Å². The van der Waals surface area contributed by atoms with Gasteiger partial charge in [0.1, 0.15) is 17.4 Å². The normalized spacial score (nSPS) is 15.7. The Morgan fingerprint density at radius 1 is 1.05 bits per heavy atom. The first-order chi connectivity index (χ1) is 18.3. The molecule has 1 aromatic heterocycles. The molecule has 0 atom stereocenters. The summed E-state index contributed by atoms with van der Waals surface area (Å²) in [4.78, 5) is 18.9. The van der Waals surface area contributed by atoms with Gasteiger partial charge in [0.15, 0.2) is 9.84 Å². The maximum absolute atomic E-state index is 13.0. The second-order valence-corrected chi connectivity index (χ2v) is 12.5. The average Bonchev–Trinajstić information content (AvgIpc) is 3.39. The van der Waals surface area contributed by atoms with Crippen LogP contribution >= 0.6 is 0 Å². The third-order valence-corrected chi connectivity index (χ3v) is 9.30. The summed E-state index contributed by atoms with van der Waals surface area (Å²) in [5.74, 6) is 1.96. The van der Waals surface area contributed by atoms with Crippen LogP contribution in [0.2, 0.25) is 0 Å². The molecule has 0 radical (unpaired) electrons. The van der Waals surface area contributed by atoms with Crippen LogP contribution in [0.4, 0.5) is 17.2 Å². The number of ether oxygens (including phenoxy) is 1. The summed E-state index contributed by atoms with van der Waals surface area (Å²) in [6.45, 7) is 7.86. The summed E-state index contributed by atoms with van der Waals surface area (Å²) in [6, 6.07) is 13.2. The maximum atomic E-state index is 13.0. The Bertz CT molecular complexity index is 1460. The maximum Gasteiger partial charge on any atom is 0.182 e. The smallest absolute Gasteiger partial charge is 0.182 e. The number of methoxy groups -OCH3 is 1. The van der Waals surface area contributed by atoms with E-state index in [0.29, 0.717) is 30.3 Å². The van der Waals surface area contributed by atoms with Gasteiger partial charge in [-0.2, -0.15) is 0 Å². The molecule has 0 saturated carbocycles. The van der Waals surface area contributed by atoms with E-state index in [1.54, 1.807) is 45.4 Å². The van der Waals surface area contributed by atoms with Gasteiger partial charge in [-0.25, -0.2) is 18.4 Å². The number of sulfone groups is 1. The number of hydrogen-bond donors (Lipinski definition) is 1. The van der Waals surface area contributed by atoms with Gasteiger partial charge >= 0.3 is 0 Å². The van der Waals surface area contributed by atoms with Crippen LogP contribution in [0.1, 0.15) is 36.5 Å². The first-order valence-corrected chi connectivity index (χ1v) is 14.4. The Morgan fingerprint density at radius 2 is 1.82 bits per heavy atom. The van der Waals surface area contributed by atoms with Crippen LogP contribution in [-0.4, -0.2) is 75.1 Å². The molecule has 3 heterocycles. The van der Waals surface area contributed by atoms with E-state index in [-0.39, 0.29) is 4.90 Å². The van der Waals surface area contributed by atoms with Gasteiger partial charge in [0.25, 0.3) is 0 Å². The minimum absolute atomic E-state index is 0.250. The number of nitrogens with zero attached hydrogens (tertiary/aromatic N) is 5. The third kappa shape index (κ3) is 5.23. The van der Waals surface area contributed by atoms with Crippen molar-refractivity contribution in [3.63, 3.8) is 0 Å². The van der Waals surface area contributed by atoms with Crippen molar-refractivity contribution in [3.8, 4) is 5.75 Å². The Kier molecular flexibility index (Phi) is 7.36. The molecule has 5 rings (SSSR count). The fourth-order valence-corrected chi connectivity index (χ4v) is 5.93. The van der Waals surface area contributed by atoms with E-state index < -0.39 is 15.1 Å². The molecule has 0 bridgehead atoms. The molecule has 0 aliphatic carbocycles. The average molecular weight is 535 g/mol. The molecule has 0 unspecified atom stereocenters. The van der Waals surface area contributed by atoms with Crippen molar-refractivity contribution >= 4 is 33.2 Å². The van der Waals surface area contributed by atoms with Gasteiger partial charge in [-0.1, -0.05) is 18.2 Å². The van der Waals surface area contributed by atoms with Crippen molar-refractivity contribution in [1.29, 1.82) is 0 Å². The van der Waals surface area contributed by atoms with Crippen LogP contribution in [0.5, 0.6) is 5.75 Å². The van der Waals surface area contributed by atoms with Gasteiger partial charge in [0, 0.05) is 56.1 Å². The first kappa shape index (κ1) is 26.1. The van der Waals surface area contributed by atoms with Gasteiger partial charge in [-0.15, -0.1) is 0 Å². The zero-order valence-electron chi connectivity index (χ0n) is 22.3. The number of nitrogens with one attached hydrogen (secondary N) is 1. The molecule has 2 aromatic carbocycles. The topological polar surface area (TPSA) is 100 Å². The Morgan fingerprint density at radius 3 is 2.55 bits per heavy atom.